The van der Waals surface area contributed by atoms with Crippen molar-refractivity contribution in [2.75, 3.05) is 11.9 Å². The fourth-order valence-corrected chi connectivity index (χ4v) is 1.67. The molecular weight excluding hydrogens is 226 g/mol. The predicted octanol–water partition coefficient (Wildman–Crippen LogP) is 1.49. The van der Waals surface area contributed by atoms with Crippen molar-refractivity contribution < 1.29 is 4.79 Å². The van der Waals surface area contributed by atoms with Crippen molar-refractivity contribution in [3.63, 3.8) is 0 Å². The van der Waals surface area contributed by atoms with Crippen molar-refractivity contribution >= 4 is 11.6 Å². The van der Waals surface area contributed by atoms with Gasteiger partial charge < -0.3 is 16.0 Å². The normalized spacial score (nSPS) is 12.3. The van der Waals surface area contributed by atoms with E-state index in [4.69, 9.17) is 5.73 Å². The van der Waals surface area contributed by atoms with Gasteiger partial charge in [0.15, 0.2) is 0 Å². The van der Waals surface area contributed by atoms with Crippen molar-refractivity contribution in [3.8, 4) is 0 Å². The Kier molecular flexibility index (Phi) is 5.16. The van der Waals surface area contributed by atoms with Crippen LogP contribution in [0.15, 0.2) is 24.3 Å². The minimum Gasteiger partial charge on any atom is -0.363 e. The van der Waals surface area contributed by atoms with Gasteiger partial charge in [-0.2, -0.15) is 0 Å². The highest BCUT2D eigenvalue weighted by molar-refractivity contribution is 5.84. The molecule has 0 spiro atoms. The Morgan fingerprint density at radius 3 is 2.28 bits per heavy atom. The second kappa shape index (κ2) is 6.40. The monoisotopic (exact) mass is 249 g/mol. The maximum absolute atomic E-state index is 11.9. The fraction of sp³-hybridized carbons (Fsp3) is 0.500. The van der Waals surface area contributed by atoms with E-state index in [2.05, 4.69) is 5.32 Å². The molecule has 0 radical (unpaired) electrons. The highest BCUT2D eigenvalue weighted by Gasteiger charge is 2.18. The molecule has 3 N–H and O–H groups in total. The van der Waals surface area contributed by atoms with Gasteiger partial charge in [-0.3, -0.25) is 4.79 Å². The third kappa shape index (κ3) is 3.74. The SMILES string of the molecule is CC(C)NC(=O)C(C)N(C)c1ccc(CN)cc1. The van der Waals surface area contributed by atoms with E-state index in [1.54, 1.807) is 0 Å². The number of nitrogens with two attached hydrogens (primary N) is 1. The molecule has 0 bridgehead atoms. The number of rotatable bonds is 5. The van der Waals surface area contributed by atoms with Crippen molar-refractivity contribution in [2.45, 2.75) is 39.4 Å². The molecule has 1 unspecified atom stereocenters. The first kappa shape index (κ1) is 14.5. The topological polar surface area (TPSA) is 58.4 Å². The van der Waals surface area contributed by atoms with Gasteiger partial charge in [0.2, 0.25) is 5.91 Å². The molecule has 4 heteroatoms. The zero-order chi connectivity index (χ0) is 13.7. The summed E-state index contributed by atoms with van der Waals surface area (Å²) in [6, 6.07) is 7.91. The molecule has 0 heterocycles. The molecule has 0 aliphatic heterocycles. The van der Waals surface area contributed by atoms with Gasteiger partial charge in [-0.25, -0.2) is 0 Å². The molecular formula is C14H23N3O. The molecule has 18 heavy (non-hydrogen) atoms. The summed E-state index contributed by atoms with van der Waals surface area (Å²) in [5, 5.41) is 2.92. The lowest BCUT2D eigenvalue weighted by Gasteiger charge is -2.27. The molecule has 100 valence electrons. The Labute approximate surface area is 109 Å². The van der Waals surface area contributed by atoms with E-state index in [1.807, 2.05) is 57.0 Å². The van der Waals surface area contributed by atoms with Crippen LogP contribution in [0, 0.1) is 0 Å². The lowest BCUT2D eigenvalue weighted by Crippen LogP contribution is -2.45. The summed E-state index contributed by atoms with van der Waals surface area (Å²) in [5.41, 5.74) is 7.66. The quantitative estimate of drug-likeness (QED) is 0.831. The molecule has 1 atom stereocenters. The molecule has 1 aromatic carbocycles. The molecule has 0 saturated heterocycles. The van der Waals surface area contributed by atoms with E-state index in [-0.39, 0.29) is 18.0 Å². The average Bonchev–Trinajstić information content (AvgIpc) is 2.36. The van der Waals surface area contributed by atoms with Gasteiger partial charge >= 0.3 is 0 Å². The van der Waals surface area contributed by atoms with Gasteiger partial charge in [0.1, 0.15) is 6.04 Å². The third-order valence-corrected chi connectivity index (χ3v) is 2.97. The summed E-state index contributed by atoms with van der Waals surface area (Å²) in [6.45, 7) is 6.35. The van der Waals surface area contributed by atoms with Crippen LogP contribution in [0.2, 0.25) is 0 Å². The molecule has 1 rings (SSSR count). The van der Waals surface area contributed by atoms with Gasteiger partial charge in [0, 0.05) is 25.3 Å². The number of anilines is 1. The Morgan fingerprint density at radius 1 is 1.28 bits per heavy atom. The van der Waals surface area contributed by atoms with E-state index >= 15 is 0 Å². The molecule has 4 nitrogen and oxygen atoms in total. The van der Waals surface area contributed by atoms with Crippen molar-refractivity contribution in [3.05, 3.63) is 29.8 Å². The highest BCUT2D eigenvalue weighted by Crippen LogP contribution is 2.16. The first-order valence-electron chi connectivity index (χ1n) is 6.28. The maximum atomic E-state index is 11.9. The molecule has 0 fully saturated rings. The zero-order valence-corrected chi connectivity index (χ0v) is 11.6. The molecule has 1 amide bonds. The highest BCUT2D eigenvalue weighted by atomic mass is 16.2. The minimum absolute atomic E-state index is 0.0374. The number of carbonyl (C=O) groups is 1. The number of carbonyl (C=O) groups excluding carboxylic acids is 1. The first-order chi connectivity index (χ1) is 8.45. The summed E-state index contributed by atoms with van der Waals surface area (Å²) in [4.78, 5) is 13.9. The number of nitrogens with zero attached hydrogens (tertiary/aromatic N) is 1. The van der Waals surface area contributed by atoms with Crippen LogP contribution < -0.4 is 16.0 Å². The molecule has 0 aliphatic carbocycles. The van der Waals surface area contributed by atoms with Crippen molar-refractivity contribution in [2.24, 2.45) is 5.73 Å². The van der Waals surface area contributed by atoms with Gasteiger partial charge in [0.05, 0.1) is 0 Å². The maximum Gasteiger partial charge on any atom is 0.242 e. The third-order valence-electron chi connectivity index (χ3n) is 2.97. The van der Waals surface area contributed by atoms with Gasteiger partial charge in [-0.15, -0.1) is 0 Å². The van der Waals surface area contributed by atoms with Gasteiger partial charge in [-0.05, 0) is 38.5 Å². The summed E-state index contributed by atoms with van der Waals surface area (Å²) >= 11 is 0. The summed E-state index contributed by atoms with van der Waals surface area (Å²) in [5.74, 6) is 0.0374. The first-order valence-corrected chi connectivity index (χ1v) is 6.28. The van der Waals surface area contributed by atoms with Crippen LogP contribution in [0.25, 0.3) is 0 Å². The number of benzene rings is 1. The Balaban J connectivity index is 2.72. The van der Waals surface area contributed by atoms with Gasteiger partial charge in [-0.1, -0.05) is 12.1 Å². The van der Waals surface area contributed by atoms with Crippen LogP contribution >= 0.6 is 0 Å². The summed E-state index contributed by atoms with van der Waals surface area (Å²) in [6.07, 6.45) is 0. The van der Waals surface area contributed by atoms with Crippen LogP contribution in [-0.4, -0.2) is 25.0 Å². The molecule has 0 saturated carbocycles. The van der Waals surface area contributed by atoms with Crippen molar-refractivity contribution in [1.82, 2.24) is 5.32 Å². The lowest BCUT2D eigenvalue weighted by atomic mass is 10.1. The zero-order valence-electron chi connectivity index (χ0n) is 11.6. The number of nitrogens with one attached hydrogen (secondary N) is 1. The van der Waals surface area contributed by atoms with E-state index in [0.717, 1.165) is 11.3 Å². The van der Waals surface area contributed by atoms with E-state index < -0.39 is 0 Å². The number of hydrogen-bond donors (Lipinski definition) is 2. The van der Waals surface area contributed by atoms with Crippen LogP contribution in [0.4, 0.5) is 5.69 Å². The largest absolute Gasteiger partial charge is 0.363 e. The van der Waals surface area contributed by atoms with E-state index in [9.17, 15) is 4.79 Å². The van der Waals surface area contributed by atoms with Gasteiger partial charge in [0.25, 0.3) is 0 Å². The van der Waals surface area contributed by atoms with Crippen LogP contribution in [0.3, 0.4) is 0 Å². The Bertz CT molecular complexity index is 387. The molecule has 0 aliphatic rings. The fourth-order valence-electron chi connectivity index (χ4n) is 1.67. The number of amides is 1. The minimum atomic E-state index is -0.198. The van der Waals surface area contributed by atoms with Crippen molar-refractivity contribution in [1.29, 1.82) is 0 Å². The second-order valence-electron chi connectivity index (χ2n) is 4.82. The van der Waals surface area contributed by atoms with Crippen LogP contribution in [0.1, 0.15) is 26.3 Å². The number of hydrogen-bond acceptors (Lipinski definition) is 3. The van der Waals surface area contributed by atoms with Crippen LogP contribution in [-0.2, 0) is 11.3 Å². The van der Waals surface area contributed by atoms with Crippen LogP contribution in [0.5, 0.6) is 0 Å². The molecule has 0 aromatic heterocycles. The summed E-state index contributed by atoms with van der Waals surface area (Å²) < 4.78 is 0. The predicted molar refractivity (Wildman–Crippen MR) is 75.5 cm³/mol. The number of likely N-dealkylation sites (N-methyl/N-ethyl adjacent to an activating group) is 1. The average molecular weight is 249 g/mol. The summed E-state index contributed by atoms with van der Waals surface area (Å²) in [7, 11) is 1.92. The lowest BCUT2D eigenvalue weighted by molar-refractivity contribution is -0.122. The Morgan fingerprint density at radius 2 is 1.83 bits per heavy atom. The molecule has 1 aromatic rings. The van der Waals surface area contributed by atoms with E-state index in [1.165, 1.54) is 0 Å². The van der Waals surface area contributed by atoms with E-state index in [0.29, 0.717) is 6.54 Å². The second-order valence-corrected chi connectivity index (χ2v) is 4.82. The Hall–Kier alpha value is -1.55. The standard InChI is InChI=1S/C14H23N3O/c1-10(2)16-14(18)11(3)17(4)13-7-5-12(9-15)6-8-13/h5-8,10-11H,9,15H2,1-4H3,(H,16,18). The smallest absolute Gasteiger partial charge is 0.242 e.